The number of furan rings is 1. The van der Waals surface area contributed by atoms with E-state index in [0.29, 0.717) is 34.8 Å². The van der Waals surface area contributed by atoms with Crippen molar-refractivity contribution in [2.45, 2.75) is 54.6 Å². The lowest BCUT2D eigenvalue weighted by Crippen LogP contribution is -2.30. The van der Waals surface area contributed by atoms with Crippen molar-refractivity contribution in [2.24, 2.45) is 10.8 Å². The van der Waals surface area contributed by atoms with E-state index in [2.05, 4.69) is 20.6 Å². The van der Waals surface area contributed by atoms with Crippen molar-refractivity contribution in [3.8, 4) is 11.5 Å². The number of methoxy groups -OCH3 is 2. The molecule has 0 atom stereocenters. The predicted octanol–water partition coefficient (Wildman–Crippen LogP) is 4.29. The second-order valence-electron chi connectivity index (χ2n) is 10.5. The molecule has 0 aliphatic carbocycles. The lowest BCUT2D eigenvalue weighted by Gasteiger charge is -2.20. The Balaban J connectivity index is 2.11. The minimum atomic E-state index is -0.672. The molecule has 0 bridgehead atoms. The minimum absolute atomic E-state index is 0.0891. The van der Waals surface area contributed by atoms with Crippen LogP contribution in [0.4, 0.5) is 11.8 Å². The van der Waals surface area contributed by atoms with Gasteiger partial charge in [0.2, 0.25) is 23.5 Å². The zero-order chi connectivity index (χ0) is 26.8. The summed E-state index contributed by atoms with van der Waals surface area (Å²) in [6, 6.07) is 3.54. The van der Waals surface area contributed by atoms with Crippen LogP contribution in [0.25, 0.3) is 11.0 Å². The molecule has 10 heteroatoms. The Morgan fingerprint density at radius 2 is 1.61 bits per heavy atom. The number of carbonyl (C=O) groups is 2. The molecule has 2 aromatic heterocycles. The van der Waals surface area contributed by atoms with E-state index in [1.165, 1.54) is 14.2 Å². The molecule has 3 rings (SSSR count). The molecule has 2 amide bonds. The molecule has 10 nitrogen and oxygen atoms in total. The Morgan fingerprint density at radius 3 is 2.17 bits per heavy atom. The third-order valence-corrected chi connectivity index (χ3v) is 5.51. The van der Waals surface area contributed by atoms with Gasteiger partial charge in [0.1, 0.15) is 18.2 Å². The van der Waals surface area contributed by atoms with E-state index in [-0.39, 0.29) is 30.2 Å². The Kier molecular flexibility index (Phi) is 7.59. The third kappa shape index (κ3) is 5.76. The van der Waals surface area contributed by atoms with Gasteiger partial charge in [-0.25, -0.2) is 4.98 Å². The van der Waals surface area contributed by atoms with Crippen molar-refractivity contribution < 1.29 is 28.6 Å². The molecule has 3 N–H and O–H groups in total. The number of benzene rings is 1. The largest absolute Gasteiger partial charge is 0.493 e. The summed E-state index contributed by atoms with van der Waals surface area (Å²) in [7, 11) is 3.03. The van der Waals surface area contributed by atoms with Crippen LogP contribution < -0.4 is 20.1 Å². The maximum absolute atomic E-state index is 12.8. The number of aliphatic hydroxyl groups is 1. The molecule has 0 saturated carbocycles. The number of aliphatic hydroxyl groups excluding tert-OH is 1. The van der Waals surface area contributed by atoms with Crippen LogP contribution >= 0.6 is 0 Å². The van der Waals surface area contributed by atoms with Gasteiger partial charge in [-0.15, -0.1) is 0 Å². The Hall–Kier alpha value is -3.66. The first-order valence-electron chi connectivity index (χ1n) is 11.5. The number of fused-ring (bicyclic) bond motifs is 1. The topological polar surface area (TPSA) is 136 Å². The van der Waals surface area contributed by atoms with E-state index in [4.69, 9.17) is 13.9 Å². The van der Waals surface area contributed by atoms with Crippen LogP contribution in [0.5, 0.6) is 11.5 Å². The summed E-state index contributed by atoms with van der Waals surface area (Å²) >= 11 is 0. The van der Waals surface area contributed by atoms with Gasteiger partial charge in [0.25, 0.3) is 0 Å². The highest BCUT2D eigenvalue weighted by Gasteiger charge is 2.26. The SMILES string of the molecule is COc1cc(Cc2cnc(NC(=O)C(C)(C)C)nc2NC(=O)C(C)(C)C)c2cc(CO)oc2c1OC. The first kappa shape index (κ1) is 26.9. The standard InChI is InChI=1S/C26H34N4O6/c1-25(2,3)22(32)28-21-15(12-27-24(29-21)30-23(33)26(4,5)6)9-14-10-18(34-7)20(35-8)19-17(14)11-16(13-31)36-19/h10-12,31H,9,13H2,1-8H3,(H2,27,28,29,30,32,33). The van der Waals surface area contributed by atoms with E-state index < -0.39 is 10.8 Å². The molecule has 0 spiro atoms. The highest BCUT2D eigenvalue weighted by molar-refractivity contribution is 5.96. The summed E-state index contributed by atoms with van der Waals surface area (Å²) in [5.41, 5.74) is 0.516. The molecule has 0 aliphatic rings. The van der Waals surface area contributed by atoms with Crippen LogP contribution in [0.2, 0.25) is 0 Å². The molecule has 0 fully saturated rings. The molecule has 0 unspecified atom stereocenters. The fourth-order valence-electron chi connectivity index (χ4n) is 3.33. The molecule has 0 aliphatic heterocycles. The number of hydrogen-bond acceptors (Lipinski definition) is 8. The molecule has 1 aromatic carbocycles. The zero-order valence-corrected chi connectivity index (χ0v) is 22.0. The van der Waals surface area contributed by atoms with E-state index in [9.17, 15) is 14.7 Å². The van der Waals surface area contributed by atoms with Gasteiger partial charge in [0.05, 0.1) is 14.2 Å². The highest BCUT2D eigenvalue weighted by Crippen LogP contribution is 2.40. The van der Waals surface area contributed by atoms with Gasteiger partial charge >= 0.3 is 0 Å². The van der Waals surface area contributed by atoms with Crippen LogP contribution in [0.15, 0.2) is 22.7 Å². The number of hydrogen-bond donors (Lipinski definition) is 3. The summed E-state index contributed by atoms with van der Waals surface area (Å²) in [6.45, 7) is 10.5. The molecule has 0 radical (unpaired) electrons. The zero-order valence-electron chi connectivity index (χ0n) is 22.0. The number of nitrogens with zero attached hydrogens (tertiary/aromatic N) is 2. The van der Waals surface area contributed by atoms with Gasteiger partial charge in [-0.05, 0) is 17.7 Å². The van der Waals surface area contributed by atoms with Crippen LogP contribution in [-0.4, -0.2) is 41.1 Å². The minimum Gasteiger partial charge on any atom is -0.493 e. The highest BCUT2D eigenvalue weighted by atomic mass is 16.5. The Labute approximate surface area is 210 Å². The quantitative estimate of drug-likeness (QED) is 0.439. The number of aromatic nitrogens is 2. The van der Waals surface area contributed by atoms with E-state index >= 15 is 0 Å². The molecular weight excluding hydrogens is 464 g/mol. The van der Waals surface area contributed by atoms with Crippen molar-refractivity contribution in [1.82, 2.24) is 9.97 Å². The lowest BCUT2D eigenvalue weighted by atomic mass is 9.95. The van der Waals surface area contributed by atoms with Crippen molar-refractivity contribution >= 4 is 34.5 Å². The van der Waals surface area contributed by atoms with Gasteiger partial charge in [0.15, 0.2) is 11.3 Å². The van der Waals surface area contributed by atoms with Gasteiger partial charge in [-0.2, -0.15) is 4.98 Å². The maximum Gasteiger partial charge on any atom is 0.232 e. The molecule has 36 heavy (non-hydrogen) atoms. The van der Waals surface area contributed by atoms with E-state index in [1.54, 1.807) is 53.8 Å². The molecule has 194 valence electrons. The second-order valence-corrected chi connectivity index (χ2v) is 10.5. The Morgan fingerprint density at radius 1 is 0.972 bits per heavy atom. The normalized spacial score (nSPS) is 11.9. The molecular formula is C26H34N4O6. The maximum atomic E-state index is 12.8. The fourth-order valence-corrected chi connectivity index (χ4v) is 3.33. The van der Waals surface area contributed by atoms with Gasteiger partial charge in [-0.3, -0.25) is 14.9 Å². The van der Waals surface area contributed by atoms with Gasteiger partial charge in [0, 0.05) is 34.4 Å². The Bertz CT molecular complexity index is 1280. The smallest absolute Gasteiger partial charge is 0.232 e. The van der Waals surface area contributed by atoms with Crippen molar-refractivity contribution in [3.05, 3.63) is 35.2 Å². The van der Waals surface area contributed by atoms with E-state index in [1.807, 2.05) is 6.07 Å². The van der Waals surface area contributed by atoms with Crippen molar-refractivity contribution in [2.75, 3.05) is 24.9 Å². The summed E-state index contributed by atoms with van der Waals surface area (Å²) in [4.78, 5) is 34.1. The number of carbonyl (C=O) groups excluding carboxylic acids is 2. The predicted molar refractivity (Wildman–Crippen MR) is 136 cm³/mol. The number of nitrogens with one attached hydrogen (secondary N) is 2. The average molecular weight is 499 g/mol. The van der Waals surface area contributed by atoms with Gasteiger partial charge in [-0.1, -0.05) is 41.5 Å². The first-order valence-corrected chi connectivity index (χ1v) is 11.5. The summed E-state index contributed by atoms with van der Waals surface area (Å²) < 4.78 is 16.8. The van der Waals surface area contributed by atoms with Crippen LogP contribution in [0.1, 0.15) is 58.4 Å². The lowest BCUT2D eigenvalue weighted by molar-refractivity contribution is -0.123. The first-order chi connectivity index (χ1) is 16.8. The summed E-state index contributed by atoms with van der Waals surface area (Å²) in [5.74, 6) is 1.12. The molecule has 0 saturated heterocycles. The second kappa shape index (κ2) is 10.1. The number of amides is 2. The van der Waals surface area contributed by atoms with Gasteiger partial charge < -0.3 is 24.3 Å². The van der Waals surface area contributed by atoms with Crippen molar-refractivity contribution in [1.29, 1.82) is 0 Å². The van der Waals surface area contributed by atoms with Crippen LogP contribution in [0.3, 0.4) is 0 Å². The van der Waals surface area contributed by atoms with Crippen LogP contribution in [-0.2, 0) is 22.6 Å². The molecule has 3 aromatic rings. The number of ether oxygens (including phenoxy) is 2. The van der Waals surface area contributed by atoms with E-state index in [0.717, 1.165) is 10.9 Å². The third-order valence-electron chi connectivity index (χ3n) is 5.51. The summed E-state index contributed by atoms with van der Waals surface area (Å²) in [6.07, 6.45) is 1.87. The monoisotopic (exact) mass is 498 g/mol. The van der Waals surface area contributed by atoms with Crippen molar-refractivity contribution in [3.63, 3.8) is 0 Å². The number of rotatable bonds is 7. The average Bonchev–Trinajstić information content (AvgIpc) is 3.23. The molecule has 2 heterocycles. The summed E-state index contributed by atoms with van der Waals surface area (Å²) in [5, 5.41) is 15.9. The van der Waals surface area contributed by atoms with Crippen LogP contribution in [0, 0.1) is 10.8 Å². The fraction of sp³-hybridized carbons (Fsp3) is 0.462. The number of anilines is 2.